The van der Waals surface area contributed by atoms with Gasteiger partial charge in [0, 0.05) is 6.07 Å². The average Bonchev–Trinajstić information content (AvgIpc) is 2.86. The molecule has 1 heterocycles. The van der Waals surface area contributed by atoms with E-state index < -0.39 is 39.6 Å². The highest BCUT2D eigenvalue weighted by atomic mass is 19.1. The number of nitro benzene ring substituents is 1. The number of rotatable bonds is 4. The quantitative estimate of drug-likeness (QED) is 0.479. The molecule has 21 heavy (non-hydrogen) atoms. The molecule has 0 aliphatic heterocycles. The first-order valence-corrected chi connectivity index (χ1v) is 5.46. The lowest BCUT2D eigenvalue weighted by molar-refractivity contribution is -0.387. The fourth-order valence-corrected chi connectivity index (χ4v) is 1.51. The van der Waals surface area contributed by atoms with Crippen molar-refractivity contribution in [3.05, 3.63) is 39.8 Å². The van der Waals surface area contributed by atoms with Crippen LogP contribution >= 0.6 is 0 Å². The Labute approximate surface area is 115 Å². The Kier molecular flexibility index (Phi) is 3.87. The van der Waals surface area contributed by atoms with Crippen molar-refractivity contribution in [3.63, 3.8) is 0 Å². The molecular formula is C11H7F2N3O5. The van der Waals surface area contributed by atoms with Gasteiger partial charge in [-0.1, -0.05) is 5.16 Å². The van der Waals surface area contributed by atoms with Gasteiger partial charge in [0.05, 0.1) is 12.0 Å². The van der Waals surface area contributed by atoms with E-state index in [9.17, 15) is 23.7 Å². The molecule has 0 aliphatic carbocycles. The number of nitrogens with zero attached hydrogens (tertiary/aromatic N) is 3. The van der Waals surface area contributed by atoms with Crippen molar-refractivity contribution in [2.24, 2.45) is 0 Å². The minimum absolute atomic E-state index is 0.234. The summed E-state index contributed by atoms with van der Waals surface area (Å²) in [5.41, 5.74) is -1.73. The van der Waals surface area contributed by atoms with Gasteiger partial charge in [0.25, 0.3) is 0 Å². The summed E-state index contributed by atoms with van der Waals surface area (Å²) in [7, 11) is 1.14. The molecule has 10 heteroatoms. The summed E-state index contributed by atoms with van der Waals surface area (Å²) < 4.78 is 36.6. The summed E-state index contributed by atoms with van der Waals surface area (Å²) >= 11 is 0. The Balaban J connectivity index is 2.45. The number of hydrogen-bond acceptors (Lipinski definition) is 7. The first-order chi connectivity index (χ1) is 9.93. The van der Waals surface area contributed by atoms with Crippen LogP contribution in [0.3, 0.4) is 0 Å². The van der Waals surface area contributed by atoms with Crippen molar-refractivity contribution >= 4 is 11.7 Å². The first kappa shape index (κ1) is 14.5. The summed E-state index contributed by atoms with van der Waals surface area (Å²) in [6, 6.07) is 1.40. The second-order valence-electron chi connectivity index (χ2n) is 3.78. The number of nitro groups is 1. The molecular weight excluding hydrogens is 292 g/mol. The highest BCUT2D eigenvalue weighted by molar-refractivity contribution is 5.71. The number of benzene rings is 1. The van der Waals surface area contributed by atoms with Crippen molar-refractivity contribution in [2.75, 3.05) is 7.11 Å². The zero-order chi connectivity index (χ0) is 15.6. The summed E-state index contributed by atoms with van der Waals surface area (Å²) in [5.74, 6) is -3.98. The van der Waals surface area contributed by atoms with Gasteiger partial charge in [-0.3, -0.25) is 14.9 Å². The van der Waals surface area contributed by atoms with Crippen molar-refractivity contribution in [1.82, 2.24) is 10.1 Å². The normalized spacial score (nSPS) is 10.4. The van der Waals surface area contributed by atoms with Gasteiger partial charge in [-0.2, -0.15) is 9.37 Å². The molecule has 2 rings (SSSR count). The minimum atomic E-state index is -1.43. The van der Waals surface area contributed by atoms with E-state index in [0.29, 0.717) is 12.1 Å². The van der Waals surface area contributed by atoms with E-state index >= 15 is 0 Å². The smallest absolute Gasteiger partial charge is 0.315 e. The zero-order valence-corrected chi connectivity index (χ0v) is 10.5. The lowest BCUT2D eigenvalue weighted by atomic mass is 10.1. The maximum Gasteiger partial charge on any atom is 0.315 e. The Bertz CT molecular complexity index is 716. The molecule has 0 bridgehead atoms. The molecule has 0 atom stereocenters. The summed E-state index contributed by atoms with van der Waals surface area (Å²) in [6.45, 7) is 0. The van der Waals surface area contributed by atoms with E-state index in [0.717, 1.165) is 7.11 Å². The second-order valence-corrected chi connectivity index (χ2v) is 3.78. The lowest BCUT2D eigenvalue weighted by Crippen LogP contribution is -2.04. The van der Waals surface area contributed by atoms with Gasteiger partial charge in [-0.25, -0.2) is 4.39 Å². The molecule has 0 N–H and O–H groups in total. The molecule has 1 aromatic carbocycles. The minimum Gasteiger partial charge on any atom is -0.469 e. The number of esters is 1. The molecule has 8 nitrogen and oxygen atoms in total. The average molecular weight is 299 g/mol. The second kappa shape index (κ2) is 5.61. The van der Waals surface area contributed by atoms with Gasteiger partial charge >= 0.3 is 11.7 Å². The van der Waals surface area contributed by atoms with Crippen LogP contribution in [0, 0.1) is 21.7 Å². The van der Waals surface area contributed by atoms with E-state index in [-0.39, 0.29) is 12.3 Å². The number of aromatic nitrogens is 2. The van der Waals surface area contributed by atoms with E-state index in [1.165, 1.54) is 0 Å². The van der Waals surface area contributed by atoms with Gasteiger partial charge in [-0.05, 0) is 6.07 Å². The Hall–Kier alpha value is -2.91. The SMILES string of the molecule is COC(=O)Cc1nc(-c2c(F)ccc([N+](=O)[O-])c2F)no1. The van der Waals surface area contributed by atoms with Crippen LogP contribution in [0.5, 0.6) is 0 Å². The maximum atomic E-state index is 13.9. The topological polar surface area (TPSA) is 108 Å². The number of carbonyl (C=O) groups excluding carboxylic acids is 1. The number of methoxy groups -OCH3 is 1. The van der Waals surface area contributed by atoms with Crippen LogP contribution in [0.25, 0.3) is 11.4 Å². The zero-order valence-electron chi connectivity index (χ0n) is 10.5. The van der Waals surface area contributed by atoms with E-state index in [1.807, 2.05) is 0 Å². The van der Waals surface area contributed by atoms with Crippen LogP contribution in [0.1, 0.15) is 5.89 Å². The van der Waals surface area contributed by atoms with Gasteiger partial charge in [0.2, 0.25) is 17.5 Å². The van der Waals surface area contributed by atoms with Crippen molar-refractivity contribution in [3.8, 4) is 11.4 Å². The molecule has 1 aromatic heterocycles. The standard InChI is InChI=1S/C11H7F2N3O5/c1-20-8(17)4-7-14-11(15-21-7)9-5(12)2-3-6(10(9)13)16(18)19/h2-3H,4H2,1H3. The molecule has 0 spiro atoms. The molecule has 0 fully saturated rings. The Morgan fingerprint density at radius 1 is 1.48 bits per heavy atom. The number of hydrogen-bond donors (Lipinski definition) is 0. The van der Waals surface area contributed by atoms with Gasteiger partial charge in [-0.15, -0.1) is 0 Å². The fraction of sp³-hybridized carbons (Fsp3) is 0.182. The molecule has 0 radical (unpaired) electrons. The third-order valence-electron chi connectivity index (χ3n) is 2.48. The first-order valence-electron chi connectivity index (χ1n) is 5.46. The summed E-state index contributed by atoms with van der Waals surface area (Å²) in [5, 5.41) is 13.9. The molecule has 0 saturated carbocycles. The van der Waals surface area contributed by atoms with Gasteiger partial charge < -0.3 is 9.26 Å². The largest absolute Gasteiger partial charge is 0.469 e. The Morgan fingerprint density at radius 3 is 2.81 bits per heavy atom. The number of carbonyl (C=O) groups is 1. The highest BCUT2D eigenvalue weighted by Crippen LogP contribution is 2.29. The van der Waals surface area contributed by atoms with Gasteiger partial charge in [0.1, 0.15) is 17.8 Å². The van der Waals surface area contributed by atoms with Gasteiger partial charge in [0.15, 0.2) is 0 Å². The van der Waals surface area contributed by atoms with Crippen LogP contribution in [0.2, 0.25) is 0 Å². The molecule has 0 aliphatic rings. The number of ether oxygens (including phenoxy) is 1. The fourth-order valence-electron chi connectivity index (χ4n) is 1.51. The Morgan fingerprint density at radius 2 is 2.19 bits per heavy atom. The van der Waals surface area contributed by atoms with Crippen molar-refractivity contribution in [1.29, 1.82) is 0 Å². The van der Waals surface area contributed by atoms with E-state index in [4.69, 9.17) is 0 Å². The third-order valence-corrected chi connectivity index (χ3v) is 2.48. The van der Waals surface area contributed by atoms with Crippen molar-refractivity contribution in [2.45, 2.75) is 6.42 Å². The lowest BCUT2D eigenvalue weighted by Gasteiger charge is -2.00. The third kappa shape index (κ3) is 2.83. The van der Waals surface area contributed by atoms with Crippen LogP contribution < -0.4 is 0 Å². The van der Waals surface area contributed by atoms with Crippen LogP contribution in [-0.4, -0.2) is 28.1 Å². The molecule has 110 valence electrons. The van der Waals surface area contributed by atoms with Crippen LogP contribution in [0.4, 0.5) is 14.5 Å². The number of halogens is 2. The van der Waals surface area contributed by atoms with Crippen molar-refractivity contribution < 1.29 is 27.8 Å². The molecule has 2 aromatic rings. The molecule has 0 unspecified atom stereocenters. The van der Waals surface area contributed by atoms with Crippen LogP contribution in [-0.2, 0) is 16.0 Å². The summed E-state index contributed by atoms with van der Waals surface area (Å²) in [4.78, 5) is 24.2. The van der Waals surface area contributed by atoms with E-state index in [1.54, 1.807) is 0 Å². The highest BCUT2D eigenvalue weighted by Gasteiger charge is 2.26. The maximum absolute atomic E-state index is 13.9. The molecule has 0 amide bonds. The molecule has 0 saturated heterocycles. The predicted octanol–water partition coefficient (Wildman–Crippen LogP) is 1.64. The van der Waals surface area contributed by atoms with E-state index in [2.05, 4.69) is 19.4 Å². The monoisotopic (exact) mass is 299 g/mol. The predicted molar refractivity (Wildman–Crippen MR) is 62.0 cm³/mol. The van der Waals surface area contributed by atoms with Crippen LogP contribution in [0.15, 0.2) is 16.7 Å². The summed E-state index contributed by atoms with van der Waals surface area (Å²) in [6.07, 6.45) is -0.387.